The number of piperazine rings is 1. The average Bonchev–Trinajstić information content (AvgIpc) is 2.66. The maximum atomic E-state index is 11.4. The maximum Gasteiger partial charge on any atom is 0.317 e. The van der Waals surface area contributed by atoms with E-state index in [0.717, 1.165) is 45.6 Å². The summed E-state index contributed by atoms with van der Waals surface area (Å²) in [5.74, 6) is 0.278. The molecule has 0 aromatic rings. The van der Waals surface area contributed by atoms with E-state index in [0.29, 0.717) is 12.5 Å². The third kappa shape index (κ3) is 3.19. The van der Waals surface area contributed by atoms with Crippen molar-refractivity contribution in [3.63, 3.8) is 0 Å². The molecule has 0 aromatic carbocycles. The first-order chi connectivity index (χ1) is 8.16. The lowest BCUT2D eigenvalue weighted by molar-refractivity contribution is -0.117. The summed E-state index contributed by atoms with van der Waals surface area (Å²) in [6.07, 6.45) is 2.76. The molecule has 1 unspecified atom stereocenters. The highest BCUT2D eigenvalue weighted by atomic mass is 16.2. The van der Waals surface area contributed by atoms with Gasteiger partial charge in [-0.25, -0.2) is 4.79 Å². The van der Waals surface area contributed by atoms with Crippen LogP contribution in [0, 0.1) is 0 Å². The van der Waals surface area contributed by atoms with E-state index in [-0.39, 0.29) is 11.8 Å². The fraction of sp³-hybridized carbons (Fsp3) is 0.833. The first-order valence-electron chi connectivity index (χ1n) is 6.43. The SMILES string of the molecule is CC(=O)CCCCN1CCN2C(=O)NCC2C1. The second kappa shape index (κ2) is 5.49. The standard InChI is InChI=1S/C12H21N3O2/c1-10(16)4-2-3-5-14-6-7-15-11(9-14)8-13-12(15)17/h11H,2-9H2,1H3,(H,13,17). The normalized spacial score (nSPS) is 24.6. The Labute approximate surface area is 102 Å². The van der Waals surface area contributed by atoms with Gasteiger partial charge in [-0.05, 0) is 26.3 Å². The summed E-state index contributed by atoms with van der Waals surface area (Å²) in [6.45, 7) is 6.25. The van der Waals surface area contributed by atoms with E-state index in [4.69, 9.17) is 0 Å². The molecule has 0 aromatic heterocycles. The molecular weight excluding hydrogens is 218 g/mol. The number of carbonyl (C=O) groups is 2. The summed E-state index contributed by atoms with van der Waals surface area (Å²) < 4.78 is 0. The molecule has 2 saturated heterocycles. The number of rotatable bonds is 5. The van der Waals surface area contributed by atoms with Crippen LogP contribution in [0.1, 0.15) is 26.2 Å². The van der Waals surface area contributed by atoms with Crippen molar-refractivity contribution in [2.45, 2.75) is 32.2 Å². The molecule has 1 N–H and O–H groups in total. The Morgan fingerprint density at radius 2 is 2.24 bits per heavy atom. The maximum absolute atomic E-state index is 11.4. The monoisotopic (exact) mass is 239 g/mol. The number of unbranched alkanes of at least 4 members (excludes halogenated alkanes) is 1. The lowest BCUT2D eigenvalue weighted by atomic mass is 10.1. The van der Waals surface area contributed by atoms with Crippen LogP contribution in [0.4, 0.5) is 4.79 Å². The smallest absolute Gasteiger partial charge is 0.317 e. The zero-order valence-corrected chi connectivity index (χ0v) is 10.4. The van der Waals surface area contributed by atoms with Crippen molar-refractivity contribution in [2.75, 3.05) is 32.7 Å². The number of hydrogen-bond donors (Lipinski definition) is 1. The number of amides is 2. The third-order valence-corrected chi connectivity index (χ3v) is 3.57. The van der Waals surface area contributed by atoms with Crippen LogP contribution in [0.2, 0.25) is 0 Å². The van der Waals surface area contributed by atoms with E-state index >= 15 is 0 Å². The van der Waals surface area contributed by atoms with Crippen LogP contribution in [-0.4, -0.2) is 60.4 Å². The highest BCUT2D eigenvalue weighted by Crippen LogP contribution is 2.14. The molecule has 0 aliphatic carbocycles. The minimum Gasteiger partial charge on any atom is -0.336 e. The molecule has 2 heterocycles. The zero-order chi connectivity index (χ0) is 12.3. The van der Waals surface area contributed by atoms with E-state index in [1.54, 1.807) is 6.92 Å². The predicted octanol–water partition coefficient (Wildman–Crippen LogP) is 0.455. The lowest BCUT2D eigenvalue weighted by Crippen LogP contribution is -2.52. The molecule has 96 valence electrons. The quantitative estimate of drug-likeness (QED) is 0.709. The molecule has 2 fully saturated rings. The summed E-state index contributed by atoms with van der Waals surface area (Å²) in [7, 11) is 0. The van der Waals surface area contributed by atoms with E-state index in [9.17, 15) is 9.59 Å². The Kier molecular flexibility index (Phi) is 3.99. The Morgan fingerprint density at radius 3 is 3.00 bits per heavy atom. The molecule has 2 aliphatic rings. The van der Waals surface area contributed by atoms with Gasteiger partial charge < -0.3 is 15.0 Å². The van der Waals surface area contributed by atoms with Crippen LogP contribution in [0.5, 0.6) is 0 Å². The van der Waals surface area contributed by atoms with Gasteiger partial charge in [0.05, 0.1) is 6.04 Å². The third-order valence-electron chi connectivity index (χ3n) is 3.57. The molecular formula is C12H21N3O2. The molecule has 2 amide bonds. The van der Waals surface area contributed by atoms with E-state index in [1.165, 1.54) is 0 Å². The van der Waals surface area contributed by atoms with Crippen molar-refractivity contribution in [1.82, 2.24) is 15.1 Å². The fourth-order valence-electron chi connectivity index (χ4n) is 2.58. The van der Waals surface area contributed by atoms with Gasteiger partial charge in [0.1, 0.15) is 5.78 Å². The average molecular weight is 239 g/mol. The number of Topliss-reactive ketones (excluding diaryl/α,β-unsaturated/α-hetero) is 1. The summed E-state index contributed by atoms with van der Waals surface area (Å²) in [5.41, 5.74) is 0. The molecule has 0 saturated carbocycles. The van der Waals surface area contributed by atoms with Crippen LogP contribution < -0.4 is 5.32 Å². The number of urea groups is 1. The topological polar surface area (TPSA) is 52.7 Å². The highest BCUT2D eigenvalue weighted by molar-refractivity contribution is 5.77. The lowest BCUT2D eigenvalue weighted by Gasteiger charge is -2.36. The van der Waals surface area contributed by atoms with E-state index < -0.39 is 0 Å². The molecule has 0 spiro atoms. The van der Waals surface area contributed by atoms with Gasteiger partial charge in [0.25, 0.3) is 0 Å². The molecule has 2 aliphatic heterocycles. The first-order valence-corrected chi connectivity index (χ1v) is 6.43. The van der Waals surface area contributed by atoms with Crippen molar-refractivity contribution in [1.29, 1.82) is 0 Å². The van der Waals surface area contributed by atoms with Gasteiger partial charge in [0.2, 0.25) is 0 Å². The van der Waals surface area contributed by atoms with Crippen LogP contribution in [-0.2, 0) is 4.79 Å². The Morgan fingerprint density at radius 1 is 1.41 bits per heavy atom. The van der Waals surface area contributed by atoms with Crippen LogP contribution >= 0.6 is 0 Å². The number of hydrogen-bond acceptors (Lipinski definition) is 3. The van der Waals surface area contributed by atoms with Crippen LogP contribution in [0.3, 0.4) is 0 Å². The van der Waals surface area contributed by atoms with E-state index in [2.05, 4.69) is 10.2 Å². The van der Waals surface area contributed by atoms with E-state index in [1.807, 2.05) is 4.90 Å². The van der Waals surface area contributed by atoms with Crippen molar-refractivity contribution in [3.8, 4) is 0 Å². The fourth-order valence-corrected chi connectivity index (χ4v) is 2.58. The van der Waals surface area contributed by atoms with Crippen LogP contribution in [0.25, 0.3) is 0 Å². The number of nitrogens with one attached hydrogen (secondary N) is 1. The number of fused-ring (bicyclic) bond motifs is 1. The van der Waals surface area contributed by atoms with Gasteiger partial charge >= 0.3 is 6.03 Å². The van der Waals surface area contributed by atoms with Crippen molar-refractivity contribution < 1.29 is 9.59 Å². The summed E-state index contributed by atoms with van der Waals surface area (Å²) in [6, 6.07) is 0.440. The second-order valence-corrected chi connectivity index (χ2v) is 4.99. The number of carbonyl (C=O) groups excluding carboxylic acids is 2. The largest absolute Gasteiger partial charge is 0.336 e. The second-order valence-electron chi connectivity index (χ2n) is 4.99. The minimum absolute atomic E-state index is 0.0891. The molecule has 5 heteroatoms. The van der Waals surface area contributed by atoms with Crippen molar-refractivity contribution in [3.05, 3.63) is 0 Å². The van der Waals surface area contributed by atoms with Gasteiger partial charge in [0, 0.05) is 32.6 Å². The van der Waals surface area contributed by atoms with Gasteiger partial charge in [-0.15, -0.1) is 0 Å². The van der Waals surface area contributed by atoms with Gasteiger partial charge in [-0.1, -0.05) is 0 Å². The number of ketones is 1. The highest BCUT2D eigenvalue weighted by Gasteiger charge is 2.34. The predicted molar refractivity (Wildman–Crippen MR) is 64.9 cm³/mol. The van der Waals surface area contributed by atoms with Crippen LogP contribution in [0.15, 0.2) is 0 Å². The molecule has 0 bridgehead atoms. The first kappa shape index (κ1) is 12.4. The van der Waals surface area contributed by atoms with Gasteiger partial charge in [0.15, 0.2) is 0 Å². The summed E-state index contributed by atoms with van der Waals surface area (Å²) in [5, 5.41) is 2.88. The molecule has 17 heavy (non-hydrogen) atoms. The van der Waals surface area contributed by atoms with Crippen molar-refractivity contribution in [2.24, 2.45) is 0 Å². The summed E-state index contributed by atoms with van der Waals surface area (Å²) >= 11 is 0. The van der Waals surface area contributed by atoms with Gasteiger partial charge in [-0.3, -0.25) is 4.90 Å². The van der Waals surface area contributed by atoms with Gasteiger partial charge in [-0.2, -0.15) is 0 Å². The Bertz CT molecular complexity index is 306. The molecule has 5 nitrogen and oxygen atoms in total. The summed E-state index contributed by atoms with van der Waals surface area (Å²) in [4.78, 5) is 26.6. The molecule has 0 radical (unpaired) electrons. The zero-order valence-electron chi connectivity index (χ0n) is 10.4. The minimum atomic E-state index is 0.0891. The molecule has 2 rings (SSSR count). The Balaban J connectivity index is 1.67. The molecule has 1 atom stereocenters. The van der Waals surface area contributed by atoms with Crippen molar-refractivity contribution >= 4 is 11.8 Å². The Hall–Kier alpha value is -1.10. The number of nitrogens with zero attached hydrogens (tertiary/aromatic N) is 2.